The molecule has 1 aliphatic rings. The second-order valence-corrected chi connectivity index (χ2v) is 12.0. The fraction of sp³-hybridized carbons (Fsp3) is 0.250. The molecule has 1 fully saturated rings. The number of halogens is 3. The summed E-state index contributed by atoms with van der Waals surface area (Å²) in [5.74, 6) is -2.68. The summed E-state index contributed by atoms with van der Waals surface area (Å²) in [6, 6.07) is 11.8. The zero-order chi connectivity index (χ0) is 26.5. The van der Waals surface area contributed by atoms with Crippen molar-refractivity contribution in [2.45, 2.75) is 29.6 Å². The Bertz CT molecular complexity index is 1650. The highest BCUT2D eigenvalue weighted by Gasteiger charge is 2.46. The molecule has 1 unspecified atom stereocenters. The Kier molecular flexibility index (Phi) is 6.50. The molecule has 1 atom stereocenters. The number of alkyl halides is 2. The first-order chi connectivity index (χ1) is 17.6. The van der Waals surface area contributed by atoms with Crippen molar-refractivity contribution in [3.63, 3.8) is 0 Å². The van der Waals surface area contributed by atoms with Crippen LogP contribution < -0.4 is 14.4 Å². The van der Waals surface area contributed by atoms with Gasteiger partial charge >= 0.3 is 0 Å². The molecule has 0 amide bonds. The SMILES string of the molecule is COc1cc(C2CC(F)(F)C2)c(Cl)cc1-n1c(=O)ccc2cc(S(=O)(=O)N(PC)c3ccon3)ccc21. The first-order valence-electron chi connectivity index (χ1n) is 11.1. The molecule has 2 aromatic carbocycles. The van der Waals surface area contributed by atoms with Gasteiger partial charge in [-0.2, -0.15) is 0 Å². The monoisotopic (exact) mass is 567 g/mol. The van der Waals surface area contributed by atoms with E-state index in [1.165, 1.54) is 60.4 Å². The molecule has 0 radical (unpaired) electrons. The van der Waals surface area contributed by atoms with Gasteiger partial charge in [0.2, 0.25) is 5.92 Å². The number of ether oxygens (including phenoxy) is 1. The summed E-state index contributed by atoms with van der Waals surface area (Å²) < 4.78 is 66.4. The van der Waals surface area contributed by atoms with E-state index in [2.05, 4.69) is 5.16 Å². The van der Waals surface area contributed by atoms with Gasteiger partial charge in [0.1, 0.15) is 12.0 Å². The molecule has 0 bridgehead atoms. The van der Waals surface area contributed by atoms with Crippen molar-refractivity contribution in [1.29, 1.82) is 0 Å². The molecule has 13 heteroatoms. The lowest BCUT2D eigenvalue weighted by Gasteiger charge is -2.36. The van der Waals surface area contributed by atoms with E-state index >= 15 is 0 Å². The largest absolute Gasteiger partial charge is 0.495 e. The molecule has 0 spiro atoms. The fourth-order valence-corrected chi connectivity index (χ4v) is 7.50. The molecule has 37 heavy (non-hydrogen) atoms. The third kappa shape index (κ3) is 4.49. The van der Waals surface area contributed by atoms with Gasteiger partial charge in [0.25, 0.3) is 15.6 Å². The number of aromatic nitrogens is 2. The highest BCUT2D eigenvalue weighted by Crippen LogP contribution is 2.51. The second kappa shape index (κ2) is 9.38. The summed E-state index contributed by atoms with van der Waals surface area (Å²) in [4.78, 5) is 13.0. The van der Waals surface area contributed by atoms with Crippen LogP contribution in [0.4, 0.5) is 14.6 Å². The summed E-state index contributed by atoms with van der Waals surface area (Å²) in [6.07, 6.45) is 0.687. The number of pyridine rings is 1. The van der Waals surface area contributed by atoms with Crippen LogP contribution in [0.15, 0.2) is 69.0 Å². The second-order valence-electron chi connectivity index (χ2n) is 8.58. The van der Waals surface area contributed by atoms with Crippen molar-refractivity contribution in [3.05, 3.63) is 75.7 Å². The Morgan fingerprint density at radius 2 is 1.95 bits per heavy atom. The van der Waals surface area contributed by atoms with Crippen molar-refractivity contribution in [2.75, 3.05) is 17.9 Å². The molecule has 0 saturated heterocycles. The van der Waals surface area contributed by atoms with E-state index in [1.54, 1.807) is 12.7 Å². The van der Waals surface area contributed by atoms with E-state index in [9.17, 15) is 22.0 Å². The molecule has 1 saturated carbocycles. The Morgan fingerprint density at radius 1 is 1.19 bits per heavy atom. The Balaban J connectivity index is 1.61. The summed E-state index contributed by atoms with van der Waals surface area (Å²) in [6.45, 7) is 1.70. The minimum Gasteiger partial charge on any atom is -0.495 e. The number of sulfonamides is 1. The van der Waals surface area contributed by atoms with Gasteiger partial charge in [0.15, 0.2) is 5.82 Å². The topological polar surface area (TPSA) is 94.6 Å². The molecular weight excluding hydrogens is 547 g/mol. The van der Waals surface area contributed by atoms with Crippen LogP contribution in [0.25, 0.3) is 16.6 Å². The average Bonchev–Trinajstić information content (AvgIpc) is 3.36. The molecule has 0 N–H and O–H groups in total. The van der Waals surface area contributed by atoms with Gasteiger partial charge in [-0.05, 0) is 63.3 Å². The van der Waals surface area contributed by atoms with Crippen molar-refractivity contribution in [2.24, 2.45) is 0 Å². The van der Waals surface area contributed by atoms with E-state index in [1.807, 2.05) is 0 Å². The number of methoxy groups -OCH3 is 1. The zero-order valence-electron chi connectivity index (χ0n) is 19.6. The summed E-state index contributed by atoms with van der Waals surface area (Å²) >= 11 is 6.48. The summed E-state index contributed by atoms with van der Waals surface area (Å²) in [7, 11) is -2.70. The Hall–Kier alpha value is -3.01. The van der Waals surface area contributed by atoms with Crippen molar-refractivity contribution in [1.82, 2.24) is 9.72 Å². The van der Waals surface area contributed by atoms with E-state index in [0.717, 1.165) is 4.08 Å². The van der Waals surface area contributed by atoms with Gasteiger partial charge in [-0.25, -0.2) is 21.3 Å². The Morgan fingerprint density at radius 3 is 2.57 bits per heavy atom. The van der Waals surface area contributed by atoms with Gasteiger partial charge in [-0.1, -0.05) is 16.8 Å². The van der Waals surface area contributed by atoms with E-state index < -0.39 is 27.4 Å². The van der Waals surface area contributed by atoms with Gasteiger partial charge in [0, 0.05) is 35.4 Å². The lowest BCUT2D eigenvalue weighted by atomic mass is 9.76. The Labute approximate surface area is 217 Å². The predicted molar refractivity (Wildman–Crippen MR) is 138 cm³/mol. The van der Waals surface area contributed by atoms with Crippen LogP contribution in [0, 0.1) is 0 Å². The van der Waals surface area contributed by atoms with Gasteiger partial charge < -0.3 is 9.26 Å². The van der Waals surface area contributed by atoms with E-state index in [4.69, 9.17) is 20.9 Å². The van der Waals surface area contributed by atoms with Crippen molar-refractivity contribution >= 4 is 47.1 Å². The van der Waals surface area contributed by atoms with E-state index in [0.29, 0.717) is 22.2 Å². The standard InChI is InChI=1S/C24H21ClF2N3O5PS/c1-34-21-10-17(15-12-24(26,27)13-15)18(25)11-20(21)29-19-5-4-16(9-14(19)3-6-23(29)31)37(32,33)30(36-2)22-7-8-35-28-22/h3-11,15,36H,12-13H2,1-2H3. The molecule has 8 nitrogen and oxygen atoms in total. The zero-order valence-corrected chi connectivity index (χ0v) is 22.2. The van der Waals surface area contributed by atoms with Gasteiger partial charge in [0.05, 0.1) is 23.2 Å². The van der Waals surface area contributed by atoms with Gasteiger partial charge in [-0.15, -0.1) is 0 Å². The van der Waals surface area contributed by atoms with Crippen molar-refractivity contribution in [3.8, 4) is 11.4 Å². The predicted octanol–water partition coefficient (Wildman–Crippen LogP) is 5.57. The summed E-state index contributed by atoms with van der Waals surface area (Å²) in [5.41, 5.74) is 0.853. The number of nitrogens with zero attached hydrogens (tertiary/aromatic N) is 3. The molecule has 0 aliphatic heterocycles. The fourth-order valence-electron chi connectivity index (χ4n) is 4.50. The number of fused-ring (bicyclic) bond motifs is 1. The van der Waals surface area contributed by atoms with Crippen LogP contribution in [0.2, 0.25) is 5.02 Å². The maximum absolute atomic E-state index is 13.5. The minimum atomic E-state index is -3.97. The number of benzene rings is 2. The van der Waals surface area contributed by atoms with Crippen LogP contribution in [0.3, 0.4) is 0 Å². The van der Waals surface area contributed by atoms with Crippen LogP contribution in [-0.2, 0) is 10.0 Å². The number of hydrogen-bond donors (Lipinski definition) is 0. The van der Waals surface area contributed by atoms with Crippen LogP contribution in [-0.4, -0.2) is 37.8 Å². The molecule has 4 aromatic rings. The van der Waals surface area contributed by atoms with Crippen LogP contribution >= 0.6 is 20.3 Å². The van der Waals surface area contributed by atoms with Gasteiger partial charge in [-0.3, -0.25) is 9.36 Å². The molecule has 2 heterocycles. The van der Waals surface area contributed by atoms with E-state index in [-0.39, 0.29) is 43.1 Å². The highest BCUT2D eigenvalue weighted by molar-refractivity contribution is 7.97. The highest BCUT2D eigenvalue weighted by atomic mass is 35.5. The minimum absolute atomic E-state index is 0.00815. The maximum atomic E-state index is 13.5. The van der Waals surface area contributed by atoms with Crippen LogP contribution in [0.5, 0.6) is 5.75 Å². The lowest BCUT2D eigenvalue weighted by molar-refractivity contribution is -0.0867. The van der Waals surface area contributed by atoms with Crippen LogP contribution in [0.1, 0.15) is 24.3 Å². The van der Waals surface area contributed by atoms with Crippen molar-refractivity contribution < 1.29 is 26.5 Å². The number of rotatable bonds is 7. The first-order valence-corrected chi connectivity index (χ1v) is 14.4. The molecule has 1 aliphatic carbocycles. The third-order valence-corrected chi connectivity index (χ3v) is 10.1. The molecular formula is C24H21ClF2N3O5PS. The summed E-state index contributed by atoms with van der Waals surface area (Å²) in [5, 5.41) is 4.45. The normalized spacial score (nSPS) is 15.8. The quantitative estimate of drug-likeness (QED) is 0.271. The number of anilines is 1. The first kappa shape index (κ1) is 25.6. The average molecular weight is 568 g/mol. The third-order valence-electron chi connectivity index (χ3n) is 6.31. The molecule has 5 rings (SSSR count). The smallest absolute Gasteiger partial charge is 0.268 e. The number of hydrogen-bond acceptors (Lipinski definition) is 6. The maximum Gasteiger partial charge on any atom is 0.268 e. The lowest BCUT2D eigenvalue weighted by Crippen LogP contribution is -2.33. The molecule has 194 valence electrons. The molecule has 2 aromatic heterocycles.